The quantitative estimate of drug-likeness (QED) is 0.875. The molecule has 1 aromatic carbocycles. The van der Waals surface area contributed by atoms with Crippen LogP contribution in [-0.4, -0.2) is 53.6 Å². The maximum atomic E-state index is 13.8. The molecular formula is C20H26FN3O. The van der Waals surface area contributed by atoms with E-state index in [1.165, 1.54) is 11.6 Å². The molecule has 2 heterocycles. The van der Waals surface area contributed by atoms with Crippen LogP contribution in [0.1, 0.15) is 29.7 Å². The van der Waals surface area contributed by atoms with E-state index in [1.54, 1.807) is 24.4 Å². The number of nitrogens with zero attached hydrogens (tertiary/aromatic N) is 3. The molecule has 0 unspecified atom stereocenters. The molecule has 0 radical (unpaired) electrons. The predicted molar refractivity (Wildman–Crippen MR) is 96.6 cm³/mol. The lowest BCUT2D eigenvalue weighted by Crippen LogP contribution is -2.33. The third-order valence-corrected chi connectivity index (χ3v) is 5.09. The summed E-state index contributed by atoms with van der Waals surface area (Å²) >= 11 is 0. The van der Waals surface area contributed by atoms with Crippen molar-refractivity contribution in [2.75, 3.05) is 33.7 Å². The van der Waals surface area contributed by atoms with E-state index in [0.717, 1.165) is 19.5 Å². The summed E-state index contributed by atoms with van der Waals surface area (Å²) in [5, 5.41) is 10.4. The number of likely N-dealkylation sites (tertiary alicyclic amines) is 1. The molecule has 25 heavy (non-hydrogen) atoms. The Labute approximate surface area is 148 Å². The number of aliphatic hydroxyl groups excluding tert-OH is 1. The number of hydrogen-bond donors (Lipinski definition) is 1. The van der Waals surface area contributed by atoms with Gasteiger partial charge in [-0.1, -0.05) is 24.3 Å². The van der Waals surface area contributed by atoms with E-state index in [2.05, 4.69) is 27.9 Å². The molecule has 1 fully saturated rings. The van der Waals surface area contributed by atoms with Crippen molar-refractivity contribution in [3.63, 3.8) is 0 Å². The number of aromatic nitrogens is 1. The molecule has 1 saturated heterocycles. The summed E-state index contributed by atoms with van der Waals surface area (Å²) < 4.78 is 13.8. The van der Waals surface area contributed by atoms with Gasteiger partial charge in [-0.2, -0.15) is 0 Å². The molecular weight excluding hydrogens is 317 g/mol. The van der Waals surface area contributed by atoms with E-state index < -0.39 is 6.10 Å². The van der Waals surface area contributed by atoms with Gasteiger partial charge in [0.1, 0.15) is 5.82 Å². The maximum absolute atomic E-state index is 13.8. The SMILES string of the molecule is CN(C[C@@H]1CCN(C)[C@H]1c1cccnc1)C[C@H](O)c1ccccc1F. The van der Waals surface area contributed by atoms with Crippen LogP contribution in [-0.2, 0) is 0 Å². The number of aliphatic hydroxyl groups is 1. The van der Waals surface area contributed by atoms with Gasteiger partial charge in [-0.3, -0.25) is 9.88 Å². The molecule has 0 bridgehead atoms. The van der Waals surface area contributed by atoms with E-state index >= 15 is 0 Å². The monoisotopic (exact) mass is 343 g/mol. The first-order valence-corrected chi connectivity index (χ1v) is 8.77. The van der Waals surface area contributed by atoms with Gasteiger partial charge >= 0.3 is 0 Å². The molecule has 0 amide bonds. The average Bonchev–Trinajstić information content (AvgIpc) is 2.96. The van der Waals surface area contributed by atoms with Crippen molar-refractivity contribution in [1.82, 2.24) is 14.8 Å². The van der Waals surface area contributed by atoms with Crippen LogP contribution >= 0.6 is 0 Å². The highest BCUT2D eigenvalue weighted by molar-refractivity contribution is 5.20. The zero-order valence-corrected chi connectivity index (χ0v) is 14.8. The lowest BCUT2D eigenvalue weighted by atomic mass is 9.94. The van der Waals surface area contributed by atoms with Crippen molar-refractivity contribution in [1.29, 1.82) is 0 Å². The van der Waals surface area contributed by atoms with Gasteiger partial charge in [0, 0.05) is 37.1 Å². The van der Waals surface area contributed by atoms with Crippen LogP contribution in [0.15, 0.2) is 48.8 Å². The van der Waals surface area contributed by atoms with Crippen molar-refractivity contribution in [3.05, 3.63) is 65.7 Å². The van der Waals surface area contributed by atoms with Crippen LogP contribution < -0.4 is 0 Å². The highest BCUT2D eigenvalue weighted by Crippen LogP contribution is 2.36. The van der Waals surface area contributed by atoms with Crippen LogP contribution in [0.3, 0.4) is 0 Å². The second-order valence-electron chi connectivity index (χ2n) is 7.02. The molecule has 4 nitrogen and oxygen atoms in total. The van der Waals surface area contributed by atoms with E-state index in [4.69, 9.17) is 0 Å². The molecule has 1 aliphatic heterocycles. The standard InChI is InChI=1S/C20H26FN3O/c1-23(14-19(25)17-7-3-4-8-18(17)21)13-16-9-11-24(2)20(16)15-6-5-10-22-12-15/h3-8,10,12,16,19-20,25H,9,11,13-14H2,1-2H3/t16-,19-,20-/m0/s1. The molecule has 3 atom stereocenters. The second kappa shape index (κ2) is 8.04. The Morgan fingerprint density at radius 2 is 2.12 bits per heavy atom. The number of benzene rings is 1. The molecule has 1 aromatic heterocycles. The van der Waals surface area contributed by atoms with Gasteiger partial charge in [0.05, 0.1) is 6.10 Å². The highest BCUT2D eigenvalue weighted by Gasteiger charge is 2.34. The Hall–Kier alpha value is -1.82. The summed E-state index contributed by atoms with van der Waals surface area (Å²) in [6.45, 7) is 2.32. The fraction of sp³-hybridized carbons (Fsp3) is 0.450. The van der Waals surface area contributed by atoms with E-state index in [1.807, 2.05) is 19.3 Å². The van der Waals surface area contributed by atoms with Crippen molar-refractivity contribution in [2.24, 2.45) is 5.92 Å². The minimum Gasteiger partial charge on any atom is -0.387 e. The topological polar surface area (TPSA) is 39.6 Å². The van der Waals surface area contributed by atoms with Gasteiger partial charge in [-0.05, 0) is 50.7 Å². The molecule has 3 rings (SSSR count). The lowest BCUT2D eigenvalue weighted by molar-refractivity contribution is 0.110. The van der Waals surface area contributed by atoms with Gasteiger partial charge in [-0.15, -0.1) is 0 Å². The first-order chi connectivity index (χ1) is 12.1. The normalized spacial score (nSPS) is 22.4. The molecule has 1 N–H and O–H groups in total. The molecule has 1 aliphatic rings. The molecule has 0 spiro atoms. The van der Waals surface area contributed by atoms with Crippen LogP contribution in [0.2, 0.25) is 0 Å². The summed E-state index contributed by atoms with van der Waals surface area (Å²) in [6, 6.07) is 10.9. The summed E-state index contributed by atoms with van der Waals surface area (Å²) in [5.74, 6) is 0.115. The summed E-state index contributed by atoms with van der Waals surface area (Å²) in [7, 11) is 4.13. The number of likely N-dealkylation sites (N-methyl/N-ethyl adjacent to an activating group) is 1. The van der Waals surface area contributed by atoms with Crippen LogP contribution in [0, 0.1) is 11.7 Å². The Morgan fingerprint density at radius 3 is 2.84 bits per heavy atom. The molecule has 2 aromatic rings. The van der Waals surface area contributed by atoms with E-state index in [-0.39, 0.29) is 5.82 Å². The van der Waals surface area contributed by atoms with Crippen LogP contribution in [0.4, 0.5) is 4.39 Å². The predicted octanol–water partition coefficient (Wildman–Crippen LogP) is 2.88. The fourth-order valence-electron chi connectivity index (χ4n) is 3.91. The van der Waals surface area contributed by atoms with Crippen molar-refractivity contribution in [3.8, 4) is 0 Å². The van der Waals surface area contributed by atoms with Gasteiger partial charge < -0.3 is 10.0 Å². The first-order valence-electron chi connectivity index (χ1n) is 8.77. The number of hydrogen-bond acceptors (Lipinski definition) is 4. The van der Waals surface area contributed by atoms with E-state index in [0.29, 0.717) is 24.1 Å². The van der Waals surface area contributed by atoms with Gasteiger partial charge in [-0.25, -0.2) is 4.39 Å². The average molecular weight is 343 g/mol. The van der Waals surface area contributed by atoms with Crippen molar-refractivity contribution >= 4 is 0 Å². The van der Waals surface area contributed by atoms with Crippen molar-refractivity contribution in [2.45, 2.75) is 18.6 Å². The maximum Gasteiger partial charge on any atom is 0.129 e. The Kier molecular flexibility index (Phi) is 5.78. The molecule has 5 heteroatoms. The Morgan fingerprint density at radius 1 is 1.32 bits per heavy atom. The number of pyridine rings is 1. The van der Waals surface area contributed by atoms with Crippen molar-refractivity contribution < 1.29 is 9.50 Å². The van der Waals surface area contributed by atoms with E-state index in [9.17, 15) is 9.50 Å². The number of halogens is 1. The second-order valence-corrected chi connectivity index (χ2v) is 7.02. The zero-order chi connectivity index (χ0) is 17.8. The lowest BCUT2D eigenvalue weighted by Gasteiger charge is -2.29. The summed E-state index contributed by atoms with van der Waals surface area (Å²) in [4.78, 5) is 8.72. The summed E-state index contributed by atoms with van der Waals surface area (Å²) in [6.07, 6.45) is 4.02. The third-order valence-electron chi connectivity index (χ3n) is 5.09. The summed E-state index contributed by atoms with van der Waals surface area (Å²) in [5.41, 5.74) is 1.59. The minimum atomic E-state index is -0.817. The zero-order valence-electron chi connectivity index (χ0n) is 14.8. The number of rotatable bonds is 6. The highest BCUT2D eigenvalue weighted by atomic mass is 19.1. The fourth-order valence-corrected chi connectivity index (χ4v) is 3.91. The third kappa shape index (κ3) is 4.24. The molecule has 0 saturated carbocycles. The Balaban J connectivity index is 1.64. The first kappa shape index (κ1) is 18.0. The van der Waals surface area contributed by atoms with Gasteiger partial charge in [0.2, 0.25) is 0 Å². The minimum absolute atomic E-state index is 0.335. The van der Waals surface area contributed by atoms with Crippen LogP contribution in [0.5, 0.6) is 0 Å². The molecule has 0 aliphatic carbocycles. The molecule has 134 valence electrons. The Bertz CT molecular complexity index is 682. The van der Waals surface area contributed by atoms with Gasteiger partial charge in [0.15, 0.2) is 0 Å². The smallest absolute Gasteiger partial charge is 0.129 e. The largest absolute Gasteiger partial charge is 0.387 e. The van der Waals surface area contributed by atoms with Gasteiger partial charge in [0.25, 0.3) is 0 Å². The van der Waals surface area contributed by atoms with Crippen LogP contribution in [0.25, 0.3) is 0 Å².